The van der Waals surface area contributed by atoms with E-state index in [4.69, 9.17) is 0 Å². The number of aryl methyl sites for hydroxylation is 1. The van der Waals surface area contributed by atoms with Crippen molar-refractivity contribution in [3.8, 4) is 17.3 Å². The maximum atomic E-state index is 12.5. The van der Waals surface area contributed by atoms with Gasteiger partial charge in [-0.3, -0.25) is 14.2 Å². The lowest BCUT2D eigenvalue weighted by Crippen LogP contribution is -2.19. The summed E-state index contributed by atoms with van der Waals surface area (Å²) in [4.78, 5) is 22.1. The van der Waals surface area contributed by atoms with Crippen LogP contribution in [0.15, 0.2) is 28.5 Å². The van der Waals surface area contributed by atoms with Crippen molar-refractivity contribution in [2.75, 3.05) is 0 Å². The number of hydrogen-bond acceptors (Lipinski definition) is 5. The van der Waals surface area contributed by atoms with E-state index in [-0.39, 0.29) is 16.5 Å². The summed E-state index contributed by atoms with van der Waals surface area (Å²) in [5.41, 5.74) is 2.47. The third-order valence-electron chi connectivity index (χ3n) is 3.66. The first-order valence-corrected chi connectivity index (χ1v) is 8.09. The third kappa shape index (κ3) is 2.53. The summed E-state index contributed by atoms with van der Waals surface area (Å²) in [6.45, 7) is 8.08. The second kappa shape index (κ2) is 5.28. The van der Waals surface area contributed by atoms with Crippen molar-refractivity contribution in [2.45, 2.75) is 33.1 Å². The zero-order valence-corrected chi connectivity index (χ0v) is 14.2. The third-order valence-corrected chi connectivity index (χ3v) is 4.60. The number of nitrogens with zero attached hydrogens (tertiary/aromatic N) is 4. The molecule has 0 aliphatic carbocycles. The van der Waals surface area contributed by atoms with Crippen molar-refractivity contribution in [2.24, 2.45) is 0 Å². The van der Waals surface area contributed by atoms with Crippen LogP contribution in [0.4, 0.5) is 0 Å². The Hall–Kier alpha value is -2.52. The van der Waals surface area contributed by atoms with E-state index in [0.717, 1.165) is 11.4 Å². The molecule has 0 radical (unpaired) electrons. The quantitative estimate of drug-likeness (QED) is 0.688. The molecule has 0 saturated carbocycles. The van der Waals surface area contributed by atoms with Crippen LogP contribution in [0, 0.1) is 18.3 Å². The Morgan fingerprint density at radius 3 is 2.61 bits per heavy atom. The normalized spacial score (nSPS) is 11.6. The van der Waals surface area contributed by atoms with Gasteiger partial charge >= 0.3 is 0 Å². The van der Waals surface area contributed by atoms with Crippen molar-refractivity contribution in [1.29, 1.82) is 5.26 Å². The minimum absolute atomic E-state index is 0.0503. The molecule has 0 bridgehead atoms. The van der Waals surface area contributed by atoms with E-state index < -0.39 is 0 Å². The second-order valence-electron chi connectivity index (χ2n) is 6.43. The predicted molar refractivity (Wildman–Crippen MR) is 90.7 cm³/mol. The summed E-state index contributed by atoms with van der Waals surface area (Å²) in [7, 11) is 0. The Balaban J connectivity index is 2.24. The molecule has 0 N–H and O–H groups in total. The van der Waals surface area contributed by atoms with Crippen LogP contribution >= 0.6 is 11.3 Å². The molecule has 0 amide bonds. The summed E-state index contributed by atoms with van der Waals surface area (Å²) in [5.74, 6) is 0. The molecule has 0 atom stereocenters. The fourth-order valence-corrected chi connectivity index (χ4v) is 3.23. The maximum Gasteiger partial charge on any atom is 0.277 e. The number of aromatic nitrogens is 3. The lowest BCUT2D eigenvalue weighted by molar-refractivity contribution is 0.569. The highest BCUT2D eigenvalue weighted by Crippen LogP contribution is 2.25. The molecule has 23 heavy (non-hydrogen) atoms. The monoisotopic (exact) mass is 324 g/mol. The number of nitriles is 1. The van der Waals surface area contributed by atoms with Crippen LogP contribution in [0.2, 0.25) is 0 Å². The first kappa shape index (κ1) is 15.4. The minimum atomic E-state index is -0.328. The number of thiazole rings is 1. The fourth-order valence-electron chi connectivity index (χ4n) is 2.37. The average molecular weight is 324 g/mol. The molecule has 3 aromatic rings. The van der Waals surface area contributed by atoms with Crippen LogP contribution in [-0.4, -0.2) is 14.4 Å². The maximum absolute atomic E-state index is 12.5. The highest BCUT2D eigenvalue weighted by Gasteiger charge is 2.19. The lowest BCUT2D eigenvalue weighted by atomic mass is 9.91. The van der Waals surface area contributed by atoms with E-state index in [0.29, 0.717) is 16.2 Å². The molecule has 0 aromatic carbocycles. The van der Waals surface area contributed by atoms with Gasteiger partial charge in [-0.1, -0.05) is 20.8 Å². The zero-order valence-electron chi connectivity index (χ0n) is 13.4. The molecule has 0 spiro atoms. The van der Waals surface area contributed by atoms with Crippen molar-refractivity contribution in [3.05, 3.63) is 51.0 Å². The molecule has 0 unspecified atom stereocenters. The van der Waals surface area contributed by atoms with E-state index in [1.807, 2.05) is 30.5 Å². The van der Waals surface area contributed by atoms with E-state index in [9.17, 15) is 10.1 Å². The number of fused-ring (bicyclic) bond motifs is 1. The summed E-state index contributed by atoms with van der Waals surface area (Å²) >= 11 is 1.39. The summed E-state index contributed by atoms with van der Waals surface area (Å²) in [6, 6.07) is 5.78. The standard InChI is InChI=1S/C17H16N4OS/c1-10-9-23-16-20-14(12(7-18)15(22)21(10)16)11-5-6-13(19-8-11)17(2,3)4/h5-6,8-9H,1-4H3. The number of hydrogen-bond donors (Lipinski definition) is 0. The highest BCUT2D eigenvalue weighted by molar-refractivity contribution is 7.15. The van der Waals surface area contributed by atoms with Gasteiger partial charge < -0.3 is 0 Å². The molecule has 5 nitrogen and oxygen atoms in total. The van der Waals surface area contributed by atoms with Crippen LogP contribution in [0.1, 0.15) is 37.7 Å². The van der Waals surface area contributed by atoms with Gasteiger partial charge in [0.1, 0.15) is 11.6 Å². The van der Waals surface area contributed by atoms with Gasteiger partial charge in [0.15, 0.2) is 4.96 Å². The van der Waals surface area contributed by atoms with E-state index >= 15 is 0 Å². The van der Waals surface area contributed by atoms with Crippen LogP contribution < -0.4 is 5.56 Å². The number of rotatable bonds is 1. The summed E-state index contributed by atoms with van der Waals surface area (Å²) in [5, 5.41) is 11.3. The van der Waals surface area contributed by atoms with Crippen molar-refractivity contribution >= 4 is 16.3 Å². The smallest absolute Gasteiger partial charge is 0.267 e. The Kier molecular flexibility index (Phi) is 3.53. The van der Waals surface area contributed by atoms with Gasteiger partial charge in [0, 0.05) is 33.9 Å². The van der Waals surface area contributed by atoms with E-state index in [2.05, 4.69) is 30.7 Å². The van der Waals surface area contributed by atoms with E-state index in [1.54, 1.807) is 6.20 Å². The Morgan fingerprint density at radius 2 is 2.04 bits per heavy atom. The van der Waals surface area contributed by atoms with Gasteiger partial charge in [-0.25, -0.2) is 4.98 Å². The van der Waals surface area contributed by atoms with E-state index in [1.165, 1.54) is 15.7 Å². The lowest BCUT2D eigenvalue weighted by Gasteiger charge is -2.17. The summed E-state index contributed by atoms with van der Waals surface area (Å²) < 4.78 is 1.48. The Labute approximate surface area is 137 Å². The van der Waals surface area contributed by atoms with Crippen LogP contribution in [0.3, 0.4) is 0 Å². The largest absolute Gasteiger partial charge is 0.277 e. The topological polar surface area (TPSA) is 71.0 Å². The second-order valence-corrected chi connectivity index (χ2v) is 7.27. The summed E-state index contributed by atoms with van der Waals surface area (Å²) in [6.07, 6.45) is 1.68. The molecule has 116 valence electrons. The first-order chi connectivity index (χ1) is 10.8. The molecule has 3 rings (SSSR count). The molecule has 3 aromatic heterocycles. The molecule has 0 saturated heterocycles. The molecular formula is C17H16N4OS. The van der Waals surface area contributed by atoms with Crippen molar-refractivity contribution in [3.63, 3.8) is 0 Å². The van der Waals surface area contributed by atoms with Crippen LogP contribution in [0.25, 0.3) is 16.2 Å². The predicted octanol–water partition coefficient (Wildman–Crippen LogP) is 3.30. The molecule has 3 heterocycles. The van der Waals surface area contributed by atoms with Gasteiger partial charge in [-0.15, -0.1) is 11.3 Å². The Morgan fingerprint density at radius 1 is 1.30 bits per heavy atom. The molecule has 0 aliphatic rings. The van der Waals surface area contributed by atoms with Crippen molar-refractivity contribution in [1.82, 2.24) is 14.4 Å². The van der Waals surface area contributed by atoms with Gasteiger partial charge in [-0.05, 0) is 19.1 Å². The first-order valence-electron chi connectivity index (χ1n) is 7.21. The molecule has 6 heteroatoms. The SMILES string of the molecule is Cc1csc2nc(-c3ccc(C(C)(C)C)nc3)c(C#N)c(=O)n12. The van der Waals surface area contributed by atoms with Crippen molar-refractivity contribution < 1.29 is 0 Å². The van der Waals surface area contributed by atoms with Gasteiger partial charge in [0.25, 0.3) is 5.56 Å². The van der Waals surface area contributed by atoms with Gasteiger partial charge in [-0.2, -0.15) is 5.26 Å². The Bertz CT molecular complexity index is 985. The van der Waals surface area contributed by atoms with Gasteiger partial charge in [0.2, 0.25) is 0 Å². The van der Waals surface area contributed by atoms with Crippen LogP contribution in [0.5, 0.6) is 0 Å². The molecule has 0 fully saturated rings. The zero-order chi connectivity index (χ0) is 16.8. The molecular weight excluding hydrogens is 308 g/mol. The molecule has 0 aliphatic heterocycles. The average Bonchev–Trinajstić information content (AvgIpc) is 2.88. The van der Waals surface area contributed by atoms with Crippen LogP contribution in [-0.2, 0) is 5.41 Å². The van der Waals surface area contributed by atoms with Gasteiger partial charge in [0.05, 0.1) is 5.69 Å². The fraction of sp³-hybridized carbons (Fsp3) is 0.294. The highest BCUT2D eigenvalue weighted by atomic mass is 32.1. The number of pyridine rings is 1. The minimum Gasteiger partial charge on any atom is -0.267 e.